The Kier molecular flexibility index (Phi) is 12.9. The third-order valence-electron chi connectivity index (χ3n) is 8.62. The van der Waals surface area contributed by atoms with Crippen molar-refractivity contribution in [3.05, 3.63) is 89.5 Å². The maximum absolute atomic E-state index is 14.2. The van der Waals surface area contributed by atoms with E-state index in [0.29, 0.717) is 48.8 Å². The van der Waals surface area contributed by atoms with Crippen LogP contribution in [0, 0.1) is 0 Å². The normalized spacial score (nSPS) is 14.1. The maximum atomic E-state index is 14.2. The van der Waals surface area contributed by atoms with E-state index in [2.05, 4.69) is 51.2 Å². The highest BCUT2D eigenvalue weighted by Gasteiger charge is 2.30. The number of carbonyl (C=O) groups excluding carboxylic acids is 1. The SMILES string of the molecule is CCN(CCN(C)C)c1cc(N2CCC(c3ccccc3)CC2)c(S(=O)(=O)Cc2ccccc2)cc1C(=O)NCCCCCO. The predicted octanol–water partition coefficient (Wildman–Crippen LogP) is 5.32. The molecule has 0 unspecified atom stereocenters. The minimum Gasteiger partial charge on any atom is -0.396 e. The van der Waals surface area contributed by atoms with Crippen molar-refractivity contribution in [2.24, 2.45) is 0 Å². The third-order valence-corrected chi connectivity index (χ3v) is 10.3. The van der Waals surface area contributed by atoms with Gasteiger partial charge in [0.1, 0.15) is 0 Å². The van der Waals surface area contributed by atoms with Crippen molar-refractivity contribution in [3.63, 3.8) is 0 Å². The summed E-state index contributed by atoms with van der Waals surface area (Å²) in [7, 11) is 0.248. The van der Waals surface area contributed by atoms with E-state index in [9.17, 15) is 13.2 Å². The second-order valence-electron chi connectivity index (χ2n) is 12.2. The van der Waals surface area contributed by atoms with E-state index in [1.807, 2.05) is 56.6 Å². The number of carbonyl (C=O) groups is 1. The molecule has 244 valence electrons. The van der Waals surface area contributed by atoms with Gasteiger partial charge in [0.05, 0.1) is 27.6 Å². The molecule has 1 saturated heterocycles. The van der Waals surface area contributed by atoms with Gasteiger partial charge in [-0.2, -0.15) is 0 Å². The number of hydrogen-bond donors (Lipinski definition) is 2. The molecule has 9 heteroatoms. The summed E-state index contributed by atoms with van der Waals surface area (Å²) in [4.78, 5) is 20.5. The molecule has 0 spiro atoms. The number of aliphatic hydroxyl groups is 1. The number of nitrogens with zero attached hydrogens (tertiary/aromatic N) is 3. The summed E-state index contributed by atoms with van der Waals surface area (Å²) in [6.45, 7) is 6.28. The van der Waals surface area contributed by atoms with Gasteiger partial charge in [-0.05, 0) is 82.3 Å². The van der Waals surface area contributed by atoms with E-state index in [4.69, 9.17) is 5.11 Å². The summed E-state index contributed by atoms with van der Waals surface area (Å²) >= 11 is 0. The number of rotatable bonds is 16. The largest absolute Gasteiger partial charge is 0.396 e. The summed E-state index contributed by atoms with van der Waals surface area (Å²) in [5.74, 6) is 0.0123. The molecule has 1 aliphatic heterocycles. The van der Waals surface area contributed by atoms with Crippen LogP contribution in [0.5, 0.6) is 0 Å². The highest BCUT2D eigenvalue weighted by atomic mass is 32.2. The number of benzene rings is 3. The molecule has 45 heavy (non-hydrogen) atoms. The monoisotopic (exact) mass is 634 g/mol. The maximum Gasteiger partial charge on any atom is 0.253 e. The van der Waals surface area contributed by atoms with Crippen LogP contribution in [0.2, 0.25) is 0 Å². The number of piperidine rings is 1. The van der Waals surface area contributed by atoms with Crippen LogP contribution in [0.3, 0.4) is 0 Å². The summed E-state index contributed by atoms with van der Waals surface area (Å²) in [5.41, 5.74) is 3.85. The lowest BCUT2D eigenvalue weighted by atomic mass is 9.89. The van der Waals surface area contributed by atoms with Crippen molar-refractivity contribution >= 4 is 27.1 Å². The third kappa shape index (κ3) is 9.55. The molecule has 4 rings (SSSR count). The Hall–Kier alpha value is -3.40. The van der Waals surface area contributed by atoms with Gasteiger partial charge in [0.25, 0.3) is 5.91 Å². The number of unbranched alkanes of at least 4 members (excludes halogenated alkanes) is 2. The lowest BCUT2D eigenvalue weighted by Crippen LogP contribution is -2.36. The molecular weight excluding hydrogens is 584 g/mol. The summed E-state index contributed by atoms with van der Waals surface area (Å²) < 4.78 is 28.4. The van der Waals surface area contributed by atoms with Gasteiger partial charge in [0.15, 0.2) is 9.84 Å². The molecule has 1 aliphatic rings. The highest BCUT2D eigenvalue weighted by Crippen LogP contribution is 2.38. The Morgan fingerprint density at radius 2 is 1.60 bits per heavy atom. The van der Waals surface area contributed by atoms with E-state index < -0.39 is 9.84 Å². The van der Waals surface area contributed by atoms with Gasteiger partial charge in [0, 0.05) is 45.9 Å². The fourth-order valence-corrected chi connectivity index (χ4v) is 7.62. The van der Waals surface area contributed by atoms with Gasteiger partial charge in [-0.15, -0.1) is 0 Å². The Balaban J connectivity index is 1.76. The molecule has 1 heterocycles. The number of hydrogen-bond acceptors (Lipinski definition) is 7. The number of nitrogens with one attached hydrogen (secondary N) is 1. The Morgan fingerprint density at radius 1 is 0.933 bits per heavy atom. The number of sulfone groups is 1. The summed E-state index contributed by atoms with van der Waals surface area (Å²) in [5, 5.41) is 12.2. The second-order valence-corrected chi connectivity index (χ2v) is 14.1. The van der Waals surface area contributed by atoms with Crippen molar-refractivity contribution in [2.75, 3.05) is 69.8 Å². The zero-order chi connectivity index (χ0) is 32.2. The number of amides is 1. The molecule has 0 radical (unpaired) electrons. The second kappa shape index (κ2) is 16.8. The first-order valence-electron chi connectivity index (χ1n) is 16.3. The number of aliphatic hydroxyl groups excluding tert-OH is 1. The van der Waals surface area contributed by atoms with Crippen molar-refractivity contribution in [1.29, 1.82) is 0 Å². The van der Waals surface area contributed by atoms with Crippen LogP contribution in [-0.2, 0) is 15.6 Å². The number of anilines is 2. The standard InChI is InChI=1S/C36H50N4O4S/c1-4-39(24-23-38(2)3)33-27-34(40-21-18-31(19-22-40)30-16-10-6-11-17-30)35(45(43,44)28-29-14-8-5-9-15-29)26-32(33)36(42)37-20-12-7-13-25-41/h5-6,8-11,14-17,26-27,31,41H,4,7,12-13,18-25,28H2,1-3H3,(H,37,42). The molecule has 1 amide bonds. The van der Waals surface area contributed by atoms with Crippen LogP contribution >= 0.6 is 0 Å². The van der Waals surface area contributed by atoms with Crippen LogP contribution in [0.4, 0.5) is 11.4 Å². The first kappa shape index (κ1) is 34.5. The number of likely N-dealkylation sites (N-methyl/N-ethyl adjacent to an activating group) is 2. The lowest BCUT2D eigenvalue weighted by Gasteiger charge is -2.36. The molecule has 0 bridgehead atoms. The fourth-order valence-electron chi connectivity index (χ4n) is 6.03. The van der Waals surface area contributed by atoms with Crippen LogP contribution < -0.4 is 15.1 Å². The van der Waals surface area contributed by atoms with Crippen molar-refractivity contribution in [2.45, 2.75) is 55.6 Å². The molecule has 3 aromatic carbocycles. The topological polar surface area (TPSA) is 93.2 Å². The Bertz CT molecular complexity index is 1460. The lowest BCUT2D eigenvalue weighted by molar-refractivity contribution is 0.0953. The van der Waals surface area contributed by atoms with Gasteiger partial charge >= 0.3 is 0 Å². The quantitative estimate of drug-likeness (QED) is 0.206. The first-order valence-corrected chi connectivity index (χ1v) is 17.9. The molecule has 0 aliphatic carbocycles. The summed E-state index contributed by atoms with van der Waals surface area (Å²) in [6, 6.07) is 23.4. The van der Waals surface area contributed by atoms with Crippen molar-refractivity contribution < 1.29 is 18.3 Å². The van der Waals surface area contributed by atoms with Crippen LogP contribution in [0.25, 0.3) is 0 Å². The van der Waals surface area contributed by atoms with Crippen LogP contribution in [0.15, 0.2) is 77.7 Å². The van der Waals surface area contributed by atoms with Gasteiger partial charge in [-0.3, -0.25) is 4.79 Å². The van der Waals surface area contributed by atoms with Gasteiger partial charge in [-0.1, -0.05) is 60.7 Å². The van der Waals surface area contributed by atoms with Crippen molar-refractivity contribution in [3.8, 4) is 0 Å². The molecule has 0 atom stereocenters. The minimum atomic E-state index is -3.80. The zero-order valence-corrected chi connectivity index (χ0v) is 27.9. The van der Waals surface area contributed by atoms with E-state index in [0.717, 1.165) is 51.0 Å². The van der Waals surface area contributed by atoms with Crippen LogP contribution in [-0.4, -0.2) is 84.3 Å². The zero-order valence-electron chi connectivity index (χ0n) is 27.1. The molecule has 0 aromatic heterocycles. The Labute approximate surface area is 270 Å². The van der Waals surface area contributed by atoms with Gasteiger partial charge in [-0.25, -0.2) is 8.42 Å². The molecule has 1 fully saturated rings. The molecule has 0 saturated carbocycles. The van der Waals surface area contributed by atoms with Crippen LogP contribution in [0.1, 0.15) is 66.4 Å². The highest BCUT2D eigenvalue weighted by molar-refractivity contribution is 7.90. The molecule has 8 nitrogen and oxygen atoms in total. The summed E-state index contributed by atoms with van der Waals surface area (Å²) in [6.07, 6.45) is 4.08. The van der Waals surface area contributed by atoms with E-state index >= 15 is 0 Å². The fraction of sp³-hybridized carbons (Fsp3) is 0.472. The van der Waals surface area contributed by atoms with Gasteiger partial charge in [0.2, 0.25) is 0 Å². The average molecular weight is 635 g/mol. The average Bonchev–Trinajstić information content (AvgIpc) is 3.05. The van der Waals surface area contributed by atoms with Gasteiger partial charge < -0.3 is 25.1 Å². The molecule has 2 N–H and O–H groups in total. The van der Waals surface area contributed by atoms with Crippen molar-refractivity contribution in [1.82, 2.24) is 10.2 Å². The Morgan fingerprint density at radius 3 is 2.22 bits per heavy atom. The van der Waals surface area contributed by atoms with E-state index in [1.54, 1.807) is 6.07 Å². The predicted molar refractivity (Wildman–Crippen MR) is 184 cm³/mol. The molecule has 3 aromatic rings. The first-order chi connectivity index (χ1) is 21.7. The van der Waals surface area contributed by atoms with E-state index in [-0.39, 0.29) is 23.2 Å². The minimum absolute atomic E-state index is 0.127. The molecular formula is C36H50N4O4S. The smallest absolute Gasteiger partial charge is 0.253 e. The van der Waals surface area contributed by atoms with E-state index in [1.165, 1.54) is 5.56 Å².